The monoisotopic (exact) mass is 487 g/mol. The van der Waals surface area contributed by atoms with Gasteiger partial charge in [-0.15, -0.1) is 5.10 Å². The molecule has 0 spiro atoms. The molecule has 2 aliphatic heterocycles. The molecular formula is C27H33N7O2. The predicted molar refractivity (Wildman–Crippen MR) is 139 cm³/mol. The number of hydrogen-bond donors (Lipinski definition) is 0. The maximum absolute atomic E-state index is 12.7. The number of nitrogens with zero attached hydrogens (tertiary/aromatic N) is 7. The first-order valence-corrected chi connectivity index (χ1v) is 12.6. The highest BCUT2D eigenvalue weighted by molar-refractivity contribution is 5.92. The van der Waals surface area contributed by atoms with Crippen LogP contribution in [0.2, 0.25) is 0 Å². The van der Waals surface area contributed by atoms with Gasteiger partial charge in [0.1, 0.15) is 11.5 Å². The van der Waals surface area contributed by atoms with Crippen LogP contribution in [0.1, 0.15) is 39.8 Å². The summed E-state index contributed by atoms with van der Waals surface area (Å²) in [7, 11) is 0. The molecule has 9 heteroatoms. The fraction of sp³-hybridized carbons (Fsp3) is 0.444. The summed E-state index contributed by atoms with van der Waals surface area (Å²) in [5.74, 6) is 1.65. The van der Waals surface area contributed by atoms with Crippen molar-refractivity contribution in [3.63, 3.8) is 0 Å². The normalized spacial score (nSPS) is 18.4. The van der Waals surface area contributed by atoms with Crippen LogP contribution in [-0.4, -0.2) is 83.0 Å². The molecule has 188 valence electrons. The zero-order chi connectivity index (χ0) is 25.1. The minimum atomic E-state index is -0.0876. The summed E-state index contributed by atoms with van der Waals surface area (Å²) in [6.45, 7) is 11.2. The quantitative estimate of drug-likeness (QED) is 0.543. The number of ether oxygens (including phenoxy) is 1. The molecule has 1 amide bonds. The van der Waals surface area contributed by atoms with Gasteiger partial charge in [-0.3, -0.25) is 4.79 Å². The van der Waals surface area contributed by atoms with Crippen molar-refractivity contribution < 1.29 is 9.53 Å². The van der Waals surface area contributed by atoms with Crippen molar-refractivity contribution in [2.24, 2.45) is 0 Å². The van der Waals surface area contributed by atoms with Gasteiger partial charge in [-0.05, 0) is 37.5 Å². The Hall–Kier alpha value is -3.59. The predicted octanol–water partition coefficient (Wildman–Crippen LogP) is 2.66. The molecule has 0 radical (unpaired) electrons. The van der Waals surface area contributed by atoms with Crippen molar-refractivity contribution in [3.05, 3.63) is 70.8 Å². The van der Waals surface area contributed by atoms with Crippen molar-refractivity contribution in [3.8, 4) is 0 Å². The topological polar surface area (TPSA) is 87.6 Å². The summed E-state index contributed by atoms with van der Waals surface area (Å²) in [6, 6.07) is 10.6. The lowest BCUT2D eigenvalue weighted by Gasteiger charge is -2.41. The molecule has 9 nitrogen and oxygen atoms in total. The zero-order valence-corrected chi connectivity index (χ0v) is 21.2. The largest absolute Gasteiger partial charge is 0.378 e. The van der Waals surface area contributed by atoms with Crippen LogP contribution < -0.4 is 9.80 Å². The van der Waals surface area contributed by atoms with Crippen molar-refractivity contribution in [1.29, 1.82) is 0 Å². The van der Waals surface area contributed by atoms with Gasteiger partial charge in [0.05, 0.1) is 31.3 Å². The van der Waals surface area contributed by atoms with Gasteiger partial charge in [0.2, 0.25) is 0 Å². The number of piperazine rings is 1. The lowest BCUT2D eigenvalue weighted by molar-refractivity contribution is 0.0298. The lowest BCUT2D eigenvalue weighted by atomic mass is 10.0. The summed E-state index contributed by atoms with van der Waals surface area (Å²) in [5, 5.41) is 9.25. The summed E-state index contributed by atoms with van der Waals surface area (Å²) >= 11 is 0. The van der Waals surface area contributed by atoms with Crippen LogP contribution in [0, 0.1) is 13.8 Å². The van der Waals surface area contributed by atoms with Gasteiger partial charge in [-0.1, -0.05) is 30.3 Å². The van der Waals surface area contributed by atoms with E-state index in [1.807, 2.05) is 6.07 Å². The van der Waals surface area contributed by atoms with Crippen LogP contribution in [0.4, 0.5) is 11.6 Å². The third-order valence-electron chi connectivity index (χ3n) is 7.19. The van der Waals surface area contributed by atoms with E-state index in [1.165, 1.54) is 16.7 Å². The van der Waals surface area contributed by atoms with Crippen LogP contribution in [0.25, 0.3) is 0 Å². The van der Waals surface area contributed by atoms with Crippen LogP contribution in [0.5, 0.6) is 0 Å². The van der Waals surface area contributed by atoms with Crippen molar-refractivity contribution in [2.75, 3.05) is 55.7 Å². The van der Waals surface area contributed by atoms with Gasteiger partial charge < -0.3 is 19.4 Å². The average Bonchev–Trinajstić information content (AvgIpc) is 2.92. The molecule has 0 bridgehead atoms. The number of amides is 1. The first kappa shape index (κ1) is 24.1. The van der Waals surface area contributed by atoms with E-state index in [4.69, 9.17) is 4.74 Å². The number of carbonyl (C=O) groups is 1. The Morgan fingerprint density at radius 2 is 1.75 bits per heavy atom. The molecule has 3 aromatic rings. The van der Waals surface area contributed by atoms with Gasteiger partial charge in [-0.2, -0.15) is 5.10 Å². The Labute approximate surface area is 212 Å². The summed E-state index contributed by atoms with van der Waals surface area (Å²) in [4.78, 5) is 28.0. The second-order valence-corrected chi connectivity index (χ2v) is 9.54. The second-order valence-electron chi connectivity index (χ2n) is 9.54. The summed E-state index contributed by atoms with van der Waals surface area (Å²) in [6.07, 6.45) is 4.10. The van der Waals surface area contributed by atoms with Crippen LogP contribution in [-0.2, 0) is 11.2 Å². The molecule has 5 rings (SSSR count). The third-order valence-corrected chi connectivity index (χ3v) is 7.19. The van der Waals surface area contributed by atoms with Gasteiger partial charge in [0.15, 0.2) is 5.82 Å². The van der Waals surface area contributed by atoms with E-state index in [1.54, 1.807) is 17.3 Å². The molecule has 1 atom stereocenters. The molecule has 2 aromatic heterocycles. The van der Waals surface area contributed by atoms with Crippen molar-refractivity contribution in [1.82, 2.24) is 25.1 Å². The Kier molecular flexibility index (Phi) is 7.09. The van der Waals surface area contributed by atoms with E-state index in [0.29, 0.717) is 32.0 Å². The maximum atomic E-state index is 12.7. The first-order valence-electron chi connectivity index (χ1n) is 12.6. The molecule has 2 aliphatic rings. The highest BCUT2D eigenvalue weighted by Gasteiger charge is 2.28. The fourth-order valence-corrected chi connectivity index (χ4v) is 4.90. The summed E-state index contributed by atoms with van der Waals surface area (Å²) in [5.41, 5.74) is 5.02. The van der Waals surface area contributed by atoms with Crippen molar-refractivity contribution in [2.45, 2.75) is 33.2 Å². The molecule has 2 saturated heterocycles. The number of hydrogen-bond acceptors (Lipinski definition) is 8. The van der Waals surface area contributed by atoms with E-state index < -0.39 is 0 Å². The van der Waals surface area contributed by atoms with Gasteiger partial charge >= 0.3 is 0 Å². The smallest absolute Gasteiger partial charge is 0.274 e. The van der Waals surface area contributed by atoms with Crippen molar-refractivity contribution >= 4 is 17.5 Å². The molecule has 36 heavy (non-hydrogen) atoms. The second kappa shape index (κ2) is 10.6. The molecule has 0 saturated carbocycles. The molecule has 0 N–H and O–H groups in total. The van der Waals surface area contributed by atoms with Crippen LogP contribution >= 0.6 is 0 Å². The Morgan fingerprint density at radius 1 is 0.972 bits per heavy atom. The SMILES string of the molecule is Cc1c(Cc2ccccc2)nnc(N2CCN(c3cnc(C(=O)N4CCOCC4)cn3)[C@H](C)C2)c1C. The van der Waals surface area contributed by atoms with Crippen LogP contribution in [0.15, 0.2) is 42.7 Å². The van der Waals surface area contributed by atoms with Gasteiger partial charge in [-0.25, -0.2) is 9.97 Å². The molecule has 2 fully saturated rings. The average molecular weight is 488 g/mol. The van der Waals surface area contributed by atoms with E-state index in [2.05, 4.69) is 75.0 Å². The standard InChI is InChI=1S/C27H33N7O2/c1-19-18-33(26-21(3)20(2)23(30-31-26)15-22-7-5-4-6-8-22)9-10-34(19)25-17-28-24(16-29-25)27(35)32-11-13-36-14-12-32/h4-8,16-17,19H,9-15,18H2,1-3H3/t19-/m1/s1. The molecular weight excluding hydrogens is 454 g/mol. The van der Waals surface area contributed by atoms with Gasteiger partial charge in [0, 0.05) is 45.2 Å². The maximum Gasteiger partial charge on any atom is 0.274 e. The number of benzene rings is 1. The Morgan fingerprint density at radius 3 is 2.44 bits per heavy atom. The molecule has 4 heterocycles. The third kappa shape index (κ3) is 5.02. The van der Waals surface area contributed by atoms with Crippen LogP contribution in [0.3, 0.4) is 0 Å². The molecule has 1 aromatic carbocycles. The fourth-order valence-electron chi connectivity index (χ4n) is 4.90. The Balaban J connectivity index is 1.24. The van der Waals surface area contributed by atoms with E-state index in [0.717, 1.165) is 43.4 Å². The number of aromatic nitrogens is 4. The molecule has 0 aliphatic carbocycles. The first-order chi connectivity index (χ1) is 17.5. The van der Waals surface area contributed by atoms with Gasteiger partial charge in [0.25, 0.3) is 5.91 Å². The number of carbonyl (C=O) groups excluding carboxylic acids is 1. The zero-order valence-electron chi connectivity index (χ0n) is 21.2. The van der Waals surface area contributed by atoms with E-state index in [-0.39, 0.29) is 11.9 Å². The highest BCUT2D eigenvalue weighted by Crippen LogP contribution is 2.26. The number of anilines is 2. The minimum Gasteiger partial charge on any atom is -0.378 e. The summed E-state index contributed by atoms with van der Waals surface area (Å²) < 4.78 is 5.33. The minimum absolute atomic E-state index is 0.0876. The Bertz CT molecular complexity index is 1200. The highest BCUT2D eigenvalue weighted by atomic mass is 16.5. The molecule has 0 unspecified atom stereocenters. The lowest BCUT2D eigenvalue weighted by Crippen LogP contribution is -2.53. The van der Waals surface area contributed by atoms with E-state index >= 15 is 0 Å². The number of rotatable bonds is 5. The number of morpholine rings is 1. The van der Waals surface area contributed by atoms with E-state index in [9.17, 15) is 4.79 Å².